The predicted octanol–water partition coefficient (Wildman–Crippen LogP) is 6.18. The molecule has 3 aromatic rings. The Morgan fingerprint density at radius 2 is 1.70 bits per heavy atom. The molecule has 1 saturated heterocycles. The molecular weight excluding hydrogens is 594 g/mol. The van der Waals surface area contributed by atoms with Crippen LogP contribution in [-0.2, 0) is 32.2 Å². The molecule has 0 spiro atoms. The van der Waals surface area contributed by atoms with Crippen molar-refractivity contribution in [2.75, 3.05) is 26.2 Å². The second-order valence-electron chi connectivity index (χ2n) is 12.2. The molecule has 9 heteroatoms. The molecule has 2 fully saturated rings. The fourth-order valence-electron chi connectivity index (χ4n) is 6.44. The Balaban J connectivity index is 1.31. The summed E-state index contributed by atoms with van der Waals surface area (Å²) in [5.41, 5.74) is 5.80. The van der Waals surface area contributed by atoms with Gasteiger partial charge in [0.25, 0.3) is 0 Å². The van der Waals surface area contributed by atoms with Gasteiger partial charge in [0.2, 0.25) is 0 Å². The lowest BCUT2D eigenvalue weighted by Gasteiger charge is -2.39. The van der Waals surface area contributed by atoms with Gasteiger partial charge in [-0.2, -0.15) is 0 Å². The minimum atomic E-state index is -0.557. The zero-order chi connectivity index (χ0) is 33.0. The molecule has 5 rings (SSSR count). The van der Waals surface area contributed by atoms with Gasteiger partial charge >= 0.3 is 12.0 Å². The number of amides is 2. The maximum Gasteiger partial charge on any atom is 0.325 e. The number of ether oxygens (including phenoxy) is 3. The Morgan fingerprint density at radius 3 is 2.43 bits per heavy atom. The minimum Gasteiger partial charge on any atom is -0.465 e. The number of esters is 1. The van der Waals surface area contributed by atoms with Crippen LogP contribution in [0.5, 0.6) is 0 Å². The molecule has 0 radical (unpaired) electrons. The third-order valence-electron chi connectivity index (χ3n) is 8.83. The van der Waals surface area contributed by atoms with Crippen molar-refractivity contribution in [2.45, 2.75) is 76.7 Å². The van der Waals surface area contributed by atoms with Gasteiger partial charge in [0.1, 0.15) is 6.54 Å². The molecule has 3 aromatic carbocycles. The summed E-state index contributed by atoms with van der Waals surface area (Å²) in [5, 5.41) is 14.9. The average molecular weight is 642 g/mol. The molecule has 1 aliphatic heterocycles. The molecule has 0 aromatic heterocycles. The van der Waals surface area contributed by atoms with E-state index >= 15 is 0 Å². The molecule has 9 nitrogen and oxygen atoms in total. The van der Waals surface area contributed by atoms with Gasteiger partial charge in [0.15, 0.2) is 6.29 Å². The van der Waals surface area contributed by atoms with Gasteiger partial charge < -0.3 is 30.0 Å². The van der Waals surface area contributed by atoms with Gasteiger partial charge in [0, 0.05) is 37.7 Å². The van der Waals surface area contributed by atoms with Gasteiger partial charge in [-0.3, -0.25) is 9.69 Å². The number of nitrogens with zero attached hydrogens (tertiary/aromatic N) is 1. The summed E-state index contributed by atoms with van der Waals surface area (Å²) in [7, 11) is 0. The molecule has 250 valence electrons. The van der Waals surface area contributed by atoms with Crippen molar-refractivity contribution in [3.8, 4) is 11.1 Å². The van der Waals surface area contributed by atoms with Crippen molar-refractivity contribution < 1.29 is 28.9 Å². The van der Waals surface area contributed by atoms with E-state index in [1.807, 2.05) is 66.7 Å². The first-order chi connectivity index (χ1) is 22.9. The smallest absolute Gasteiger partial charge is 0.325 e. The number of rotatable bonds is 14. The standard InChI is InChI=1S/C38H47N3O6/c1-3-19-41(33-13-5-6-14-33)25-34-22-35(29-17-15-27(26-42)16-18-29)47-37(46-34)32-12-8-11-31(21-32)30-10-7-9-28(20-30)23-39-38(44)40-24-36(43)45-4-2/h3,7-12,15-18,20-21,33-35,37,42H,1,4-6,13-14,19,22-26H2,2H3,(H2,39,40,44)/t34-,35+,37+/m1/s1. The van der Waals surface area contributed by atoms with Crippen LogP contribution in [0.15, 0.2) is 85.5 Å². The molecule has 3 N–H and O–H groups in total. The van der Waals surface area contributed by atoms with E-state index in [1.165, 1.54) is 25.7 Å². The van der Waals surface area contributed by atoms with Crippen molar-refractivity contribution in [1.29, 1.82) is 0 Å². The molecule has 0 bridgehead atoms. The quantitative estimate of drug-likeness (QED) is 0.142. The topological polar surface area (TPSA) is 109 Å². The van der Waals surface area contributed by atoms with Crippen LogP contribution in [0.25, 0.3) is 11.1 Å². The number of hydrogen-bond acceptors (Lipinski definition) is 7. The fraction of sp³-hybridized carbons (Fsp3) is 0.421. The van der Waals surface area contributed by atoms with Crippen LogP contribution in [-0.4, -0.2) is 60.4 Å². The third-order valence-corrected chi connectivity index (χ3v) is 8.83. The summed E-state index contributed by atoms with van der Waals surface area (Å²) >= 11 is 0. The number of urea groups is 1. The molecule has 1 saturated carbocycles. The number of benzene rings is 3. The van der Waals surface area contributed by atoms with Crippen LogP contribution >= 0.6 is 0 Å². The largest absolute Gasteiger partial charge is 0.465 e. The summed E-state index contributed by atoms with van der Waals surface area (Å²) in [6.07, 6.45) is 6.92. The van der Waals surface area contributed by atoms with E-state index in [9.17, 15) is 14.7 Å². The summed E-state index contributed by atoms with van der Waals surface area (Å²) < 4.78 is 18.2. The van der Waals surface area contributed by atoms with Crippen LogP contribution in [0.1, 0.15) is 73.7 Å². The van der Waals surface area contributed by atoms with E-state index in [0.717, 1.165) is 52.9 Å². The summed E-state index contributed by atoms with van der Waals surface area (Å²) in [4.78, 5) is 26.2. The summed E-state index contributed by atoms with van der Waals surface area (Å²) in [5.74, 6) is -0.476. The zero-order valence-corrected chi connectivity index (χ0v) is 27.2. The van der Waals surface area contributed by atoms with Crippen molar-refractivity contribution in [1.82, 2.24) is 15.5 Å². The number of nitrogens with one attached hydrogen (secondary N) is 2. The molecule has 2 amide bonds. The molecule has 47 heavy (non-hydrogen) atoms. The van der Waals surface area contributed by atoms with Crippen molar-refractivity contribution >= 4 is 12.0 Å². The lowest BCUT2D eigenvalue weighted by Crippen LogP contribution is -2.43. The fourth-order valence-corrected chi connectivity index (χ4v) is 6.44. The van der Waals surface area contributed by atoms with Gasteiger partial charge in [0.05, 0.1) is 25.4 Å². The van der Waals surface area contributed by atoms with E-state index in [0.29, 0.717) is 12.6 Å². The van der Waals surface area contributed by atoms with E-state index in [4.69, 9.17) is 14.2 Å². The van der Waals surface area contributed by atoms with Crippen LogP contribution in [0.3, 0.4) is 0 Å². The SMILES string of the molecule is C=CCN(C[C@H]1C[C@@H](c2ccc(CO)cc2)O[C@@H](c2cccc(-c3cccc(CNC(=O)NCC(=O)OCC)c3)c2)O1)C1CCCC1. The van der Waals surface area contributed by atoms with Crippen LogP contribution in [0.2, 0.25) is 0 Å². The number of carbonyl (C=O) groups is 2. The molecule has 3 atom stereocenters. The molecule has 1 heterocycles. The molecular formula is C38H47N3O6. The monoisotopic (exact) mass is 641 g/mol. The van der Waals surface area contributed by atoms with Gasteiger partial charge in [-0.15, -0.1) is 6.58 Å². The third kappa shape index (κ3) is 9.74. The van der Waals surface area contributed by atoms with Crippen LogP contribution in [0, 0.1) is 0 Å². The van der Waals surface area contributed by atoms with Gasteiger partial charge in [-0.05, 0) is 59.7 Å². The number of carbonyl (C=O) groups excluding carboxylic acids is 2. The highest BCUT2D eigenvalue weighted by atomic mass is 16.7. The number of aliphatic hydroxyl groups excluding tert-OH is 1. The van der Waals surface area contributed by atoms with Crippen molar-refractivity contribution in [3.05, 3.63) is 108 Å². The van der Waals surface area contributed by atoms with Gasteiger partial charge in [-0.25, -0.2) is 4.79 Å². The van der Waals surface area contributed by atoms with E-state index in [2.05, 4.69) is 34.2 Å². The average Bonchev–Trinajstić information content (AvgIpc) is 3.65. The Hall–Kier alpha value is -4.02. The van der Waals surface area contributed by atoms with Crippen LogP contribution in [0.4, 0.5) is 4.79 Å². The molecule has 0 unspecified atom stereocenters. The first kappa shape index (κ1) is 34.3. The lowest BCUT2D eigenvalue weighted by molar-refractivity contribution is -0.253. The first-order valence-electron chi connectivity index (χ1n) is 16.7. The minimum absolute atomic E-state index is 0.00476. The summed E-state index contributed by atoms with van der Waals surface area (Å²) in [6, 6.07) is 24.3. The van der Waals surface area contributed by atoms with Gasteiger partial charge in [-0.1, -0.05) is 79.6 Å². The molecule has 1 aliphatic carbocycles. The van der Waals surface area contributed by atoms with Crippen molar-refractivity contribution in [3.63, 3.8) is 0 Å². The Kier molecular flexibility index (Phi) is 12.6. The van der Waals surface area contributed by atoms with Crippen molar-refractivity contribution in [2.24, 2.45) is 0 Å². The Bertz CT molecular complexity index is 1470. The molecule has 2 aliphatic rings. The van der Waals surface area contributed by atoms with E-state index in [-0.39, 0.29) is 32.0 Å². The highest BCUT2D eigenvalue weighted by Gasteiger charge is 2.34. The normalized spacial score (nSPS) is 19.8. The maximum atomic E-state index is 12.2. The summed E-state index contributed by atoms with van der Waals surface area (Å²) in [6.45, 7) is 7.78. The number of aliphatic hydroxyl groups is 1. The van der Waals surface area contributed by atoms with Crippen LogP contribution < -0.4 is 10.6 Å². The Labute approximate surface area is 277 Å². The first-order valence-corrected chi connectivity index (χ1v) is 16.7. The lowest BCUT2D eigenvalue weighted by atomic mass is 9.98. The predicted molar refractivity (Wildman–Crippen MR) is 181 cm³/mol. The zero-order valence-electron chi connectivity index (χ0n) is 27.2. The maximum absolute atomic E-state index is 12.2. The van der Waals surface area contributed by atoms with E-state index in [1.54, 1.807) is 6.92 Å². The highest BCUT2D eigenvalue weighted by molar-refractivity contribution is 5.80. The highest BCUT2D eigenvalue weighted by Crippen LogP contribution is 2.39. The second kappa shape index (κ2) is 17.2. The Morgan fingerprint density at radius 1 is 0.957 bits per heavy atom. The van der Waals surface area contributed by atoms with E-state index < -0.39 is 18.3 Å². The second-order valence-corrected chi connectivity index (χ2v) is 12.2. The number of hydrogen-bond donors (Lipinski definition) is 3.